The topological polar surface area (TPSA) is 0 Å². The van der Waals surface area contributed by atoms with E-state index < -0.39 is 0 Å². The molecule has 4 atom stereocenters. The largest absolute Gasteiger partial charge is 0.0879 e. The van der Waals surface area contributed by atoms with Gasteiger partial charge < -0.3 is 0 Å². The van der Waals surface area contributed by atoms with Crippen LogP contribution in [0.2, 0.25) is 0 Å². The van der Waals surface area contributed by atoms with E-state index in [0.29, 0.717) is 17.8 Å². The van der Waals surface area contributed by atoms with Crippen molar-refractivity contribution in [2.75, 3.05) is 0 Å². The molecule has 0 nitrogen and oxygen atoms in total. The Bertz CT molecular complexity index is 2120. The lowest BCUT2D eigenvalue weighted by Gasteiger charge is -2.28. The summed E-state index contributed by atoms with van der Waals surface area (Å²) in [6.45, 7) is 4.89. The minimum absolute atomic E-state index is 0.0681. The average Bonchev–Trinajstić information content (AvgIpc) is 3.56. The lowest BCUT2D eigenvalue weighted by Crippen LogP contribution is -2.18. The molecule has 0 saturated heterocycles. The van der Waals surface area contributed by atoms with Gasteiger partial charge in [-0.1, -0.05) is 159 Å². The molecule has 0 saturated carbocycles. The molecule has 4 unspecified atom stereocenters. The number of fused-ring (bicyclic) bond motifs is 7. The van der Waals surface area contributed by atoms with Crippen molar-refractivity contribution in [2.45, 2.75) is 56.3 Å². The van der Waals surface area contributed by atoms with Crippen molar-refractivity contribution in [2.24, 2.45) is 5.92 Å². The maximum Gasteiger partial charge on any atom is 0.0159 e. The summed E-state index contributed by atoms with van der Waals surface area (Å²) in [5, 5.41) is 2.67. The van der Waals surface area contributed by atoms with Crippen molar-refractivity contribution in [3.8, 4) is 11.1 Å². The van der Waals surface area contributed by atoms with Crippen LogP contribution in [-0.4, -0.2) is 0 Å². The predicted molar refractivity (Wildman–Crippen MR) is 193 cm³/mol. The van der Waals surface area contributed by atoms with E-state index in [1.165, 1.54) is 68.1 Å². The summed E-state index contributed by atoms with van der Waals surface area (Å²) in [4.78, 5) is 0. The Balaban J connectivity index is 1.12. The Kier molecular flexibility index (Phi) is 6.42. The molecule has 6 aromatic rings. The quantitative estimate of drug-likeness (QED) is 0.175. The molecule has 0 fully saturated rings. The highest BCUT2D eigenvalue weighted by atomic mass is 14.5. The van der Waals surface area contributed by atoms with Crippen molar-refractivity contribution in [1.29, 1.82) is 0 Å². The van der Waals surface area contributed by atoms with E-state index in [0.717, 1.165) is 6.42 Å². The van der Waals surface area contributed by atoms with Crippen molar-refractivity contribution in [3.63, 3.8) is 0 Å². The summed E-state index contributed by atoms with van der Waals surface area (Å²) < 4.78 is 0. The van der Waals surface area contributed by atoms with Gasteiger partial charge in [-0.25, -0.2) is 0 Å². The highest BCUT2D eigenvalue weighted by Gasteiger charge is 2.42. The second-order valence-corrected chi connectivity index (χ2v) is 14.3. The van der Waals surface area contributed by atoms with E-state index in [4.69, 9.17) is 0 Å². The minimum Gasteiger partial charge on any atom is -0.0879 e. The van der Waals surface area contributed by atoms with Crippen molar-refractivity contribution in [3.05, 3.63) is 190 Å². The summed E-state index contributed by atoms with van der Waals surface area (Å²) in [6, 6.07) is 50.8. The van der Waals surface area contributed by atoms with Crippen LogP contribution in [0.25, 0.3) is 21.9 Å². The molecular formula is C46H40. The molecule has 9 rings (SSSR count). The molecule has 0 heterocycles. The average molecular weight is 593 g/mol. The van der Waals surface area contributed by atoms with E-state index in [2.05, 4.69) is 159 Å². The molecule has 0 amide bonds. The fraction of sp³-hybridized carbons (Fsp3) is 0.217. The summed E-state index contributed by atoms with van der Waals surface area (Å²) in [6.07, 6.45) is 8.33. The number of hydrogen-bond acceptors (Lipinski definition) is 0. The van der Waals surface area contributed by atoms with Gasteiger partial charge in [0, 0.05) is 23.2 Å². The maximum atomic E-state index is 2.59. The van der Waals surface area contributed by atoms with Crippen molar-refractivity contribution in [1.82, 2.24) is 0 Å². The van der Waals surface area contributed by atoms with Crippen molar-refractivity contribution < 1.29 is 0 Å². The Labute approximate surface area is 273 Å². The van der Waals surface area contributed by atoms with Crippen molar-refractivity contribution >= 4 is 10.8 Å². The highest BCUT2D eigenvalue weighted by Crippen LogP contribution is 2.56. The minimum atomic E-state index is -0.0681. The summed E-state index contributed by atoms with van der Waals surface area (Å²) in [5.74, 6) is 1.95. The monoisotopic (exact) mass is 592 g/mol. The van der Waals surface area contributed by atoms with Gasteiger partial charge in [-0.05, 0) is 91.6 Å². The van der Waals surface area contributed by atoms with Crippen LogP contribution in [0.5, 0.6) is 0 Å². The molecule has 0 bridgehead atoms. The molecule has 224 valence electrons. The Morgan fingerprint density at radius 1 is 0.652 bits per heavy atom. The van der Waals surface area contributed by atoms with Gasteiger partial charge in [0.25, 0.3) is 0 Å². The van der Waals surface area contributed by atoms with Gasteiger partial charge in [0.15, 0.2) is 0 Å². The normalized spacial score (nSPS) is 21.0. The van der Waals surface area contributed by atoms with E-state index in [1.807, 2.05) is 0 Å². The van der Waals surface area contributed by atoms with Gasteiger partial charge in [-0.3, -0.25) is 0 Å². The third kappa shape index (κ3) is 4.27. The first-order valence-corrected chi connectivity index (χ1v) is 17.1. The standard InChI is InChI=1S/C46H40/c1-46(2)43-28-33(42(31-13-4-3-5-14-31)27-32-17-12-16-30-15-6-7-18-35(30)32)23-25-38(43)39-26-24-34(29-44(39)46)45-40-21-10-8-19-36(40)37-20-9-11-22-41(37)45/h3-10,12-21,23-26,28-29,37,41-42,45H,11,22,27H2,1-2H3. The molecule has 3 aliphatic carbocycles. The molecule has 0 heteroatoms. The van der Waals surface area contributed by atoms with Gasteiger partial charge in [0.05, 0.1) is 0 Å². The lowest BCUT2D eigenvalue weighted by molar-refractivity contribution is 0.420. The van der Waals surface area contributed by atoms with E-state index in [1.54, 1.807) is 11.1 Å². The van der Waals surface area contributed by atoms with E-state index >= 15 is 0 Å². The van der Waals surface area contributed by atoms with Gasteiger partial charge in [0.2, 0.25) is 0 Å². The number of hydrogen-bond donors (Lipinski definition) is 0. The van der Waals surface area contributed by atoms with Crippen LogP contribution in [0.3, 0.4) is 0 Å². The highest BCUT2D eigenvalue weighted by molar-refractivity contribution is 5.86. The molecule has 3 aliphatic rings. The SMILES string of the molecule is CC1(C)c2cc(C(Cc3cccc4ccccc34)c3ccccc3)ccc2-c2ccc(C3c4ccccc4C4C=CCCC43)cc21. The summed E-state index contributed by atoms with van der Waals surface area (Å²) >= 11 is 0. The third-order valence-corrected chi connectivity index (χ3v) is 11.6. The molecule has 6 aromatic carbocycles. The van der Waals surface area contributed by atoms with Crippen LogP contribution in [0.4, 0.5) is 0 Å². The first-order chi connectivity index (χ1) is 22.6. The maximum absolute atomic E-state index is 2.59. The van der Waals surface area contributed by atoms with Crippen LogP contribution in [0.1, 0.15) is 89.0 Å². The second kappa shape index (κ2) is 10.7. The molecule has 46 heavy (non-hydrogen) atoms. The first kappa shape index (κ1) is 27.6. The molecule has 0 aromatic heterocycles. The fourth-order valence-corrected chi connectivity index (χ4v) is 9.30. The molecule has 0 aliphatic heterocycles. The van der Waals surface area contributed by atoms with Gasteiger partial charge in [-0.2, -0.15) is 0 Å². The van der Waals surface area contributed by atoms with Gasteiger partial charge in [-0.15, -0.1) is 0 Å². The summed E-state index contributed by atoms with van der Waals surface area (Å²) in [7, 11) is 0. The zero-order valence-electron chi connectivity index (χ0n) is 26.8. The third-order valence-electron chi connectivity index (χ3n) is 11.6. The Morgan fingerprint density at radius 2 is 1.37 bits per heavy atom. The Morgan fingerprint density at radius 3 is 2.24 bits per heavy atom. The number of rotatable bonds is 5. The lowest BCUT2D eigenvalue weighted by atomic mass is 9.75. The number of benzene rings is 6. The molecule has 0 N–H and O–H groups in total. The zero-order chi connectivity index (χ0) is 30.8. The Hall–Kier alpha value is -4.68. The zero-order valence-corrected chi connectivity index (χ0v) is 26.8. The number of allylic oxidation sites excluding steroid dienone is 2. The van der Waals surface area contributed by atoms with Gasteiger partial charge >= 0.3 is 0 Å². The molecule has 0 radical (unpaired) electrons. The predicted octanol–water partition coefficient (Wildman–Crippen LogP) is 11.7. The van der Waals surface area contributed by atoms with Crippen LogP contribution < -0.4 is 0 Å². The van der Waals surface area contributed by atoms with Gasteiger partial charge in [0.1, 0.15) is 0 Å². The van der Waals surface area contributed by atoms with Crippen LogP contribution >= 0.6 is 0 Å². The smallest absolute Gasteiger partial charge is 0.0159 e. The molecule has 0 spiro atoms. The van der Waals surface area contributed by atoms with E-state index in [9.17, 15) is 0 Å². The molecular weight excluding hydrogens is 553 g/mol. The summed E-state index contributed by atoms with van der Waals surface area (Å²) in [5.41, 5.74) is 14.4. The first-order valence-electron chi connectivity index (χ1n) is 17.1. The van der Waals surface area contributed by atoms with E-state index in [-0.39, 0.29) is 11.3 Å². The van der Waals surface area contributed by atoms with Crippen LogP contribution in [0, 0.1) is 5.92 Å². The van der Waals surface area contributed by atoms with Crippen LogP contribution in [-0.2, 0) is 11.8 Å². The second-order valence-electron chi connectivity index (χ2n) is 14.3. The fourth-order valence-electron chi connectivity index (χ4n) is 9.30. The van der Waals surface area contributed by atoms with Crippen LogP contribution in [0.15, 0.2) is 146 Å².